The number of aromatic nitrogens is 2. The number of likely N-dealkylation sites (N-methyl/N-ethyl adjacent to an activating group) is 1. The van der Waals surface area contributed by atoms with E-state index in [1.54, 1.807) is 0 Å². The highest BCUT2D eigenvalue weighted by Gasteiger charge is 2.19. The van der Waals surface area contributed by atoms with Gasteiger partial charge in [-0.25, -0.2) is 0 Å². The van der Waals surface area contributed by atoms with Crippen molar-refractivity contribution in [1.29, 1.82) is 0 Å². The zero-order valence-corrected chi connectivity index (χ0v) is 12.6. The Kier molecular flexibility index (Phi) is 3.92. The van der Waals surface area contributed by atoms with Crippen molar-refractivity contribution in [2.45, 2.75) is 25.9 Å². The minimum atomic E-state index is 0.143. The highest BCUT2D eigenvalue weighted by molar-refractivity contribution is 5.81. The molecule has 4 heteroatoms. The molecule has 0 aliphatic rings. The average Bonchev–Trinajstić information content (AvgIpc) is 2.67. The van der Waals surface area contributed by atoms with Crippen molar-refractivity contribution in [3.05, 3.63) is 30.0 Å². The van der Waals surface area contributed by atoms with Crippen LogP contribution in [0.1, 0.15) is 19.5 Å². The number of nitrogens with one attached hydrogen (secondary N) is 1. The Morgan fingerprint density at radius 1 is 1.26 bits per heavy atom. The number of para-hydroxylation sites is 1. The Bertz CT molecular complexity index is 554. The molecule has 0 saturated carbocycles. The first kappa shape index (κ1) is 14.0. The van der Waals surface area contributed by atoms with Gasteiger partial charge in [-0.2, -0.15) is 5.10 Å². The molecule has 0 unspecified atom stereocenters. The summed E-state index contributed by atoms with van der Waals surface area (Å²) < 4.78 is 1.95. The van der Waals surface area contributed by atoms with E-state index in [1.165, 1.54) is 10.9 Å². The van der Waals surface area contributed by atoms with E-state index in [9.17, 15) is 0 Å². The number of fused-ring (bicyclic) bond motifs is 1. The molecule has 1 heterocycles. The molecule has 1 aromatic carbocycles. The molecule has 0 amide bonds. The average molecular weight is 260 g/mol. The van der Waals surface area contributed by atoms with Gasteiger partial charge in [0.2, 0.25) is 0 Å². The van der Waals surface area contributed by atoms with Crippen LogP contribution in [0.4, 0.5) is 0 Å². The number of rotatable bonds is 5. The number of benzene rings is 1. The normalized spacial score (nSPS) is 12.5. The lowest BCUT2D eigenvalue weighted by Crippen LogP contribution is -2.46. The van der Waals surface area contributed by atoms with Gasteiger partial charge in [-0.05, 0) is 34.0 Å². The van der Waals surface area contributed by atoms with Crippen molar-refractivity contribution in [3.63, 3.8) is 0 Å². The van der Waals surface area contributed by atoms with E-state index in [1.807, 2.05) is 11.7 Å². The third-order valence-electron chi connectivity index (χ3n) is 3.90. The van der Waals surface area contributed by atoms with Gasteiger partial charge in [-0.1, -0.05) is 18.2 Å². The maximum absolute atomic E-state index is 4.59. The van der Waals surface area contributed by atoms with Crippen molar-refractivity contribution in [2.75, 3.05) is 20.6 Å². The van der Waals surface area contributed by atoms with Crippen molar-refractivity contribution in [2.24, 2.45) is 7.05 Å². The van der Waals surface area contributed by atoms with Gasteiger partial charge in [0.1, 0.15) is 0 Å². The number of hydrogen-bond donors (Lipinski definition) is 1. The highest BCUT2D eigenvalue weighted by Crippen LogP contribution is 2.17. The Morgan fingerprint density at radius 2 is 1.95 bits per heavy atom. The Hall–Kier alpha value is -1.39. The van der Waals surface area contributed by atoms with Gasteiger partial charge < -0.3 is 10.2 Å². The molecule has 0 fully saturated rings. The van der Waals surface area contributed by atoms with Crippen LogP contribution in [-0.4, -0.2) is 40.9 Å². The number of hydrogen-bond acceptors (Lipinski definition) is 3. The van der Waals surface area contributed by atoms with Gasteiger partial charge >= 0.3 is 0 Å². The van der Waals surface area contributed by atoms with Crippen LogP contribution in [0.2, 0.25) is 0 Å². The molecule has 0 aliphatic heterocycles. The first-order chi connectivity index (χ1) is 8.92. The summed E-state index contributed by atoms with van der Waals surface area (Å²) in [6, 6.07) is 8.36. The lowest BCUT2D eigenvalue weighted by atomic mass is 10.0. The van der Waals surface area contributed by atoms with E-state index in [-0.39, 0.29) is 5.54 Å². The fourth-order valence-electron chi connectivity index (χ4n) is 2.06. The standard InChI is InChI=1S/C15H24N4/c1-15(2,18(3)4)11-16-10-13-12-8-6-7-9-14(12)19(5)17-13/h6-9,16H,10-11H2,1-5H3. The third-order valence-corrected chi connectivity index (χ3v) is 3.90. The molecule has 0 atom stereocenters. The van der Waals surface area contributed by atoms with Crippen LogP contribution in [0.15, 0.2) is 24.3 Å². The summed E-state index contributed by atoms with van der Waals surface area (Å²) in [7, 11) is 6.21. The third kappa shape index (κ3) is 2.96. The fourth-order valence-corrected chi connectivity index (χ4v) is 2.06. The molecule has 104 valence electrons. The van der Waals surface area contributed by atoms with Crippen molar-refractivity contribution < 1.29 is 0 Å². The van der Waals surface area contributed by atoms with Crippen LogP contribution in [0, 0.1) is 0 Å². The zero-order valence-electron chi connectivity index (χ0n) is 12.6. The van der Waals surface area contributed by atoms with Crippen LogP contribution in [0.25, 0.3) is 10.9 Å². The van der Waals surface area contributed by atoms with Gasteiger partial charge in [0.05, 0.1) is 11.2 Å². The highest BCUT2D eigenvalue weighted by atomic mass is 15.3. The summed E-state index contributed by atoms with van der Waals surface area (Å²) in [5.74, 6) is 0. The van der Waals surface area contributed by atoms with Gasteiger partial charge in [-0.15, -0.1) is 0 Å². The smallest absolute Gasteiger partial charge is 0.0841 e. The van der Waals surface area contributed by atoms with Crippen molar-refractivity contribution in [1.82, 2.24) is 20.0 Å². The summed E-state index contributed by atoms with van der Waals surface area (Å²) in [6.07, 6.45) is 0. The number of aryl methyl sites for hydroxylation is 1. The molecule has 2 aromatic rings. The first-order valence-electron chi connectivity index (χ1n) is 6.70. The second-order valence-electron chi connectivity index (χ2n) is 5.90. The van der Waals surface area contributed by atoms with E-state index in [0.29, 0.717) is 0 Å². The Balaban J connectivity index is 2.07. The quantitative estimate of drug-likeness (QED) is 0.892. The number of nitrogens with zero attached hydrogens (tertiary/aromatic N) is 3. The van der Waals surface area contributed by atoms with Crippen molar-refractivity contribution >= 4 is 10.9 Å². The maximum Gasteiger partial charge on any atom is 0.0841 e. The van der Waals surface area contributed by atoms with Gasteiger partial charge in [0, 0.05) is 31.1 Å². The predicted octanol–water partition coefficient (Wildman–Crippen LogP) is 2.00. The van der Waals surface area contributed by atoms with Crippen LogP contribution < -0.4 is 5.32 Å². The summed E-state index contributed by atoms with van der Waals surface area (Å²) in [5.41, 5.74) is 2.45. The molecule has 1 aromatic heterocycles. The lowest BCUT2D eigenvalue weighted by molar-refractivity contribution is 0.189. The van der Waals surface area contributed by atoms with Gasteiger partial charge in [0.25, 0.3) is 0 Å². The second kappa shape index (κ2) is 5.31. The van der Waals surface area contributed by atoms with Gasteiger partial charge in [-0.3, -0.25) is 4.68 Å². The minimum absolute atomic E-state index is 0.143. The molecule has 0 aliphatic carbocycles. The SMILES string of the molecule is CN(C)C(C)(C)CNCc1nn(C)c2ccccc12. The van der Waals surface area contributed by atoms with Crippen LogP contribution in [0.3, 0.4) is 0 Å². The maximum atomic E-state index is 4.59. The lowest BCUT2D eigenvalue weighted by Gasteiger charge is -2.32. The van der Waals surface area contributed by atoms with Crippen LogP contribution in [0.5, 0.6) is 0 Å². The summed E-state index contributed by atoms with van der Waals surface area (Å²) in [6.45, 7) is 6.20. The molecule has 0 bridgehead atoms. The Morgan fingerprint density at radius 3 is 2.63 bits per heavy atom. The molecule has 19 heavy (non-hydrogen) atoms. The first-order valence-corrected chi connectivity index (χ1v) is 6.70. The van der Waals surface area contributed by atoms with E-state index in [2.05, 4.69) is 67.5 Å². The topological polar surface area (TPSA) is 33.1 Å². The molecule has 0 radical (unpaired) electrons. The predicted molar refractivity (Wildman–Crippen MR) is 80.2 cm³/mol. The summed E-state index contributed by atoms with van der Waals surface area (Å²) in [5, 5.41) is 9.34. The van der Waals surface area contributed by atoms with E-state index in [0.717, 1.165) is 18.8 Å². The van der Waals surface area contributed by atoms with Crippen LogP contribution >= 0.6 is 0 Å². The minimum Gasteiger partial charge on any atom is -0.309 e. The Labute approximate surface area is 115 Å². The largest absolute Gasteiger partial charge is 0.309 e. The zero-order chi connectivity index (χ0) is 14.0. The second-order valence-corrected chi connectivity index (χ2v) is 5.90. The molecular weight excluding hydrogens is 236 g/mol. The van der Waals surface area contributed by atoms with E-state index >= 15 is 0 Å². The molecular formula is C15H24N4. The molecule has 0 saturated heterocycles. The molecule has 1 N–H and O–H groups in total. The van der Waals surface area contributed by atoms with E-state index in [4.69, 9.17) is 0 Å². The molecule has 2 rings (SSSR count). The van der Waals surface area contributed by atoms with Crippen molar-refractivity contribution in [3.8, 4) is 0 Å². The summed E-state index contributed by atoms with van der Waals surface area (Å²) >= 11 is 0. The van der Waals surface area contributed by atoms with Gasteiger partial charge in [0.15, 0.2) is 0 Å². The monoisotopic (exact) mass is 260 g/mol. The van der Waals surface area contributed by atoms with Crippen LogP contribution in [-0.2, 0) is 13.6 Å². The fraction of sp³-hybridized carbons (Fsp3) is 0.533. The summed E-state index contributed by atoms with van der Waals surface area (Å²) in [4.78, 5) is 2.23. The molecule has 4 nitrogen and oxygen atoms in total. The molecule has 0 spiro atoms. The van der Waals surface area contributed by atoms with E-state index < -0.39 is 0 Å².